The van der Waals surface area contributed by atoms with Crippen molar-refractivity contribution in [3.8, 4) is 0 Å². The predicted molar refractivity (Wildman–Crippen MR) is 76.5 cm³/mol. The summed E-state index contributed by atoms with van der Waals surface area (Å²) in [6, 6.07) is 8.18. The molecule has 0 aliphatic rings. The first-order valence-corrected chi connectivity index (χ1v) is 7.07. The van der Waals surface area contributed by atoms with Gasteiger partial charge in [-0.25, -0.2) is 0 Å². The molecule has 0 saturated carbocycles. The molecule has 0 aliphatic carbocycles. The Morgan fingerprint density at radius 3 is 2.50 bits per heavy atom. The number of nitrogens with two attached hydrogens (primary N) is 1. The number of aryl methyl sites for hydroxylation is 1. The van der Waals surface area contributed by atoms with Gasteiger partial charge in [-0.05, 0) is 55.8 Å². The summed E-state index contributed by atoms with van der Waals surface area (Å²) >= 11 is 3.40. The Bertz CT molecular complexity index is 365. The quantitative estimate of drug-likeness (QED) is 0.774. The summed E-state index contributed by atoms with van der Waals surface area (Å²) < 4.78 is 1.07. The van der Waals surface area contributed by atoms with E-state index >= 15 is 0 Å². The highest BCUT2D eigenvalue weighted by molar-refractivity contribution is 9.10. The average Bonchev–Trinajstić information content (AvgIpc) is 2.34. The maximum absolute atomic E-state index is 10.8. The van der Waals surface area contributed by atoms with Crippen molar-refractivity contribution >= 4 is 21.9 Å². The van der Waals surface area contributed by atoms with Gasteiger partial charge in [0.2, 0.25) is 0 Å². The Kier molecular flexibility index (Phi) is 6.98. The van der Waals surface area contributed by atoms with Crippen LogP contribution in [0.5, 0.6) is 0 Å². The fourth-order valence-corrected chi connectivity index (χ4v) is 2.29. The summed E-state index contributed by atoms with van der Waals surface area (Å²) in [5.74, 6) is -0.484. The highest BCUT2D eigenvalue weighted by atomic mass is 79.9. The summed E-state index contributed by atoms with van der Waals surface area (Å²) in [5.41, 5.74) is 6.73. The van der Waals surface area contributed by atoms with Crippen molar-refractivity contribution in [2.75, 3.05) is 6.54 Å². The van der Waals surface area contributed by atoms with E-state index in [4.69, 9.17) is 10.8 Å². The monoisotopic (exact) mass is 313 g/mol. The Morgan fingerprint density at radius 2 is 1.94 bits per heavy atom. The SMILES string of the molecule is NCCCC(CCc1ccc(Br)cc1)CC(=O)O. The second-order valence-electron chi connectivity index (χ2n) is 4.56. The maximum Gasteiger partial charge on any atom is 0.303 e. The molecule has 3 N–H and O–H groups in total. The summed E-state index contributed by atoms with van der Waals surface area (Å²) in [5, 5.41) is 8.88. The number of carboxylic acid groups (broad SMARTS) is 1. The van der Waals surface area contributed by atoms with Gasteiger partial charge in [-0.15, -0.1) is 0 Å². The largest absolute Gasteiger partial charge is 0.481 e. The smallest absolute Gasteiger partial charge is 0.303 e. The van der Waals surface area contributed by atoms with Crippen LogP contribution in [0.25, 0.3) is 0 Å². The summed E-state index contributed by atoms with van der Waals surface area (Å²) in [6.45, 7) is 0.633. The molecule has 1 atom stereocenters. The number of benzene rings is 1. The zero-order valence-electron chi connectivity index (χ0n) is 10.4. The van der Waals surface area contributed by atoms with Crippen LogP contribution in [0.2, 0.25) is 0 Å². The second-order valence-corrected chi connectivity index (χ2v) is 5.48. The van der Waals surface area contributed by atoms with Crippen molar-refractivity contribution in [3.63, 3.8) is 0 Å². The van der Waals surface area contributed by atoms with Crippen molar-refractivity contribution in [2.24, 2.45) is 11.7 Å². The Hall–Kier alpha value is -0.870. The van der Waals surface area contributed by atoms with Gasteiger partial charge in [0.05, 0.1) is 0 Å². The number of hydrogen-bond donors (Lipinski definition) is 2. The van der Waals surface area contributed by atoms with E-state index in [0.29, 0.717) is 6.54 Å². The zero-order chi connectivity index (χ0) is 13.4. The molecule has 0 fully saturated rings. The summed E-state index contributed by atoms with van der Waals surface area (Å²) in [6.07, 6.45) is 3.89. The minimum Gasteiger partial charge on any atom is -0.481 e. The third-order valence-electron chi connectivity index (χ3n) is 3.03. The van der Waals surface area contributed by atoms with Gasteiger partial charge in [-0.2, -0.15) is 0 Å². The molecular weight excluding hydrogens is 294 g/mol. The minimum atomic E-state index is -0.715. The van der Waals surface area contributed by atoms with Crippen LogP contribution in [-0.4, -0.2) is 17.6 Å². The molecule has 1 unspecified atom stereocenters. The van der Waals surface area contributed by atoms with Crippen LogP contribution in [0.4, 0.5) is 0 Å². The van der Waals surface area contributed by atoms with Crippen molar-refractivity contribution in [3.05, 3.63) is 34.3 Å². The molecule has 4 heteroatoms. The van der Waals surface area contributed by atoms with Gasteiger partial charge in [0.25, 0.3) is 0 Å². The first kappa shape index (κ1) is 15.2. The molecule has 1 aromatic rings. The fraction of sp³-hybridized carbons (Fsp3) is 0.500. The molecule has 0 heterocycles. The molecule has 0 aliphatic heterocycles. The van der Waals surface area contributed by atoms with Crippen LogP contribution in [-0.2, 0) is 11.2 Å². The molecule has 0 spiro atoms. The van der Waals surface area contributed by atoms with Crippen LogP contribution in [0.15, 0.2) is 28.7 Å². The number of halogens is 1. The molecule has 0 bridgehead atoms. The standard InChI is InChI=1S/C14H20BrNO2/c15-13-7-5-11(6-8-13)3-4-12(2-1-9-16)10-14(17)18/h5-8,12H,1-4,9-10,16H2,(H,17,18). The van der Waals surface area contributed by atoms with Crippen LogP contribution in [0.3, 0.4) is 0 Å². The summed E-state index contributed by atoms with van der Waals surface area (Å²) in [4.78, 5) is 10.8. The third kappa shape index (κ3) is 6.17. The molecule has 0 amide bonds. The van der Waals surface area contributed by atoms with Crippen LogP contribution in [0, 0.1) is 5.92 Å². The van der Waals surface area contributed by atoms with Gasteiger partial charge in [0, 0.05) is 10.9 Å². The average molecular weight is 314 g/mol. The van der Waals surface area contributed by atoms with Crippen molar-refractivity contribution in [1.82, 2.24) is 0 Å². The lowest BCUT2D eigenvalue weighted by Gasteiger charge is -2.14. The van der Waals surface area contributed by atoms with Crippen molar-refractivity contribution in [2.45, 2.75) is 32.1 Å². The topological polar surface area (TPSA) is 63.3 Å². The Morgan fingerprint density at radius 1 is 1.28 bits per heavy atom. The number of rotatable bonds is 8. The third-order valence-corrected chi connectivity index (χ3v) is 3.56. The van der Waals surface area contributed by atoms with E-state index in [2.05, 4.69) is 28.1 Å². The molecule has 100 valence electrons. The molecule has 3 nitrogen and oxygen atoms in total. The van der Waals surface area contributed by atoms with Gasteiger partial charge >= 0.3 is 5.97 Å². The van der Waals surface area contributed by atoms with Crippen molar-refractivity contribution < 1.29 is 9.90 Å². The van der Waals surface area contributed by atoms with Crippen molar-refractivity contribution in [1.29, 1.82) is 0 Å². The minimum absolute atomic E-state index is 0.231. The van der Waals surface area contributed by atoms with Crippen LogP contribution >= 0.6 is 15.9 Å². The lowest BCUT2D eigenvalue weighted by molar-refractivity contribution is -0.138. The van der Waals surface area contributed by atoms with Gasteiger partial charge in [0.15, 0.2) is 0 Å². The van der Waals surface area contributed by atoms with Gasteiger partial charge in [0.1, 0.15) is 0 Å². The van der Waals surface area contributed by atoms with E-state index in [0.717, 1.165) is 30.2 Å². The number of aliphatic carboxylic acids is 1. The van der Waals surface area contributed by atoms with E-state index in [9.17, 15) is 4.79 Å². The van der Waals surface area contributed by atoms with E-state index in [1.165, 1.54) is 5.56 Å². The first-order valence-electron chi connectivity index (χ1n) is 6.28. The highest BCUT2D eigenvalue weighted by Crippen LogP contribution is 2.19. The number of carboxylic acids is 1. The van der Waals surface area contributed by atoms with Crippen LogP contribution in [0.1, 0.15) is 31.2 Å². The first-order chi connectivity index (χ1) is 8.61. The molecular formula is C14H20BrNO2. The second kappa shape index (κ2) is 8.27. The summed E-state index contributed by atoms with van der Waals surface area (Å²) in [7, 11) is 0. The molecule has 0 radical (unpaired) electrons. The van der Waals surface area contributed by atoms with Gasteiger partial charge in [-0.3, -0.25) is 4.79 Å². The molecule has 1 aromatic carbocycles. The molecule has 0 aromatic heterocycles. The number of hydrogen-bond acceptors (Lipinski definition) is 2. The lowest BCUT2D eigenvalue weighted by Crippen LogP contribution is -2.11. The molecule has 1 rings (SSSR count). The van der Waals surface area contributed by atoms with E-state index < -0.39 is 5.97 Å². The Labute approximate surface area is 117 Å². The molecule has 0 saturated heterocycles. The van der Waals surface area contributed by atoms with E-state index in [-0.39, 0.29) is 12.3 Å². The van der Waals surface area contributed by atoms with E-state index in [1.807, 2.05) is 12.1 Å². The van der Waals surface area contributed by atoms with E-state index in [1.54, 1.807) is 0 Å². The normalized spacial score (nSPS) is 12.3. The fourth-order valence-electron chi connectivity index (χ4n) is 2.02. The highest BCUT2D eigenvalue weighted by Gasteiger charge is 2.12. The van der Waals surface area contributed by atoms with Crippen LogP contribution < -0.4 is 5.73 Å². The predicted octanol–water partition coefficient (Wildman–Crippen LogP) is 3.21. The zero-order valence-corrected chi connectivity index (χ0v) is 12.0. The maximum atomic E-state index is 10.8. The molecule has 18 heavy (non-hydrogen) atoms. The van der Waals surface area contributed by atoms with Gasteiger partial charge in [-0.1, -0.05) is 28.1 Å². The van der Waals surface area contributed by atoms with Gasteiger partial charge < -0.3 is 10.8 Å². The lowest BCUT2D eigenvalue weighted by atomic mass is 9.92. The Balaban J connectivity index is 2.44. The number of carbonyl (C=O) groups is 1.